The van der Waals surface area contributed by atoms with Crippen molar-refractivity contribution >= 4 is 0 Å². The van der Waals surface area contributed by atoms with Crippen molar-refractivity contribution in [2.24, 2.45) is 0 Å². The van der Waals surface area contributed by atoms with Crippen molar-refractivity contribution < 1.29 is 14.2 Å². The second kappa shape index (κ2) is 2.25. The fourth-order valence-corrected chi connectivity index (χ4v) is 2.51. The van der Waals surface area contributed by atoms with Gasteiger partial charge in [-0.1, -0.05) is 0 Å². The molecule has 3 fully saturated rings. The molecule has 3 heterocycles. The largest absolute Gasteiger partial charge is 0.343 e. The molecule has 0 aromatic carbocycles. The van der Waals surface area contributed by atoms with Gasteiger partial charge < -0.3 is 14.2 Å². The number of rotatable bonds is 0. The van der Waals surface area contributed by atoms with E-state index in [1.165, 1.54) is 0 Å². The Balaban J connectivity index is 1.81. The molecule has 0 N–H and O–H groups in total. The van der Waals surface area contributed by atoms with Crippen molar-refractivity contribution in [2.45, 2.75) is 44.2 Å². The normalized spacial score (nSPS) is 52.8. The van der Waals surface area contributed by atoms with Crippen LogP contribution in [0.2, 0.25) is 0 Å². The molecule has 3 saturated heterocycles. The highest BCUT2D eigenvalue weighted by Crippen LogP contribution is 2.42. The number of nitrogens with zero attached hydrogens (tertiary/aromatic N) is 1. The summed E-state index contributed by atoms with van der Waals surface area (Å²) in [4.78, 5) is 2.26. The van der Waals surface area contributed by atoms with E-state index < -0.39 is 5.79 Å². The van der Waals surface area contributed by atoms with Gasteiger partial charge in [0.1, 0.15) is 6.10 Å². The van der Waals surface area contributed by atoms with E-state index in [0.717, 1.165) is 6.54 Å². The van der Waals surface area contributed by atoms with E-state index in [1.54, 1.807) is 0 Å². The summed E-state index contributed by atoms with van der Waals surface area (Å²) in [6, 6.07) is 0.409. The van der Waals surface area contributed by atoms with Crippen LogP contribution in [0.25, 0.3) is 0 Å². The quantitative estimate of drug-likeness (QED) is 0.538. The minimum absolute atomic E-state index is 0.110. The van der Waals surface area contributed by atoms with E-state index in [4.69, 9.17) is 14.2 Å². The number of likely N-dealkylation sites (tertiary alicyclic amines) is 1. The molecule has 0 spiro atoms. The first-order valence-electron chi connectivity index (χ1n) is 4.78. The Bertz CT molecular complexity index is 243. The van der Waals surface area contributed by atoms with Crippen molar-refractivity contribution in [3.8, 4) is 0 Å². The molecular formula is C9H15NO3. The van der Waals surface area contributed by atoms with Gasteiger partial charge in [0.05, 0.1) is 12.1 Å². The summed E-state index contributed by atoms with van der Waals surface area (Å²) >= 11 is 0. The third-order valence-corrected chi connectivity index (χ3v) is 3.09. The minimum Gasteiger partial charge on any atom is -0.343 e. The van der Waals surface area contributed by atoms with Crippen molar-refractivity contribution in [3.05, 3.63) is 0 Å². The van der Waals surface area contributed by atoms with E-state index in [1.807, 2.05) is 13.8 Å². The second-order valence-electron chi connectivity index (χ2n) is 4.57. The molecule has 0 radical (unpaired) electrons. The molecule has 0 aromatic heterocycles. The fraction of sp³-hybridized carbons (Fsp3) is 1.00. The lowest BCUT2D eigenvalue weighted by Gasteiger charge is -2.42. The predicted molar refractivity (Wildman–Crippen MR) is 45.1 cm³/mol. The van der Waals surface area contributed by atoms with Gasteiger partial charge >= 0.3 is 0 Å². The van der Waals surface area contributed by atoms with Crippen LogP contribution in [0.1, 0.15) is 13.8 Å². The molecule has 0 bridgehead atoms. The average molecular weight is 185 g/mol. The molecule has 13 heavy (non-hydrogen) atoms. The lowest BCUT2D eigenvalue weighted by atomic mass is 9.98. The van der Waals surface area contributed by atoms with Crippen LogP contribution in [-0.4, -0.2) is 48.8 Å². The van der Waals surface area contributed by atoms with Crippen molar-refractivity contribution in [1.29, 1.82) is 0 Å². The summed E-state index contributed by atoms with van der Waals surface area (Å²) in [5.41, 5.74) is 0. The average Bonchev–Trinajstić information content (AvgIpc) is 2.35. The summed E-state index contributed by atoms with van der Waals surface area (Å²) in [6.07, 6.45) is 0.296. The van der Waals surface area contributed by atoms with Gasteiger partial charge in [-0.05, 0) is 20.9 Å². The lowest BCUT2D eigenvalue weighted by molar-refractivity contribution is -0.225. The van der Waals surface area contributed by atoms with Crippen molar-refractivity contribution in [1.82, 2.24) is 4.90 Å². The Kier molecular flexibility index (Phi) is 1.42. The van der Waals surface area contributed by atoms with Crippen LogP contribution < -0.4 is 0 Å². The third kappa shape index (κ3) is 1.00. The highest BCUT2D eigenvalue weighted by atomic mass is 16.8. The Morgan fingerprint density at radius 1 is 1.31 bits per heavy atom. The maximum atomic E-state index is 5.79. The summed E-state index contributed by atoms with van der Waals surface area (Å²) in [5.74, 6) is -0.475. The lowest BCUT2D eigenvalue weighted by Crippen LogP contribution is -2.60. The fourth-order valence-electron chi connectivity index (χ4n) is 2.51. The first kappa shape index (κ1) is 8.17. The SMILES string of the molecule is CN1C[C@H]2O[C@H]3OC(C)(C)O[C@H]3[C@H]21. The van der Waals surface area contributed by atoms with Crippen LogP contribution >= 0.6 is 0 Å². The Morgan fingerprint density at radius 3 is 2.77 bits per heavy atom. The zero-order valence-corrected chi connectivity index (χ0v) is 8.19. The standard InChI is InChI=1S/C9H15NO3/c1-9(2)12-7-6-5(4-10(6)3)11-8(7)13-9/h5-8H,4H2,1-3H3/t5-,6+,7+,8+/m1/s1. The van der Waals surface area contributed by atoms with Gasteiger partial charge in [0.15, 0.2) is 12.1 Å². The molecule has 4 nitrogen and oxygen atoms in total. The number of hydrogen-bond acceptors (Lipinski definition) is 4. The highest BCUT2D eigenvalue weighted by molar-refractivity contribution is 5.05. The molecule has 0 saturated carbocycles. The predicted octanol–water partition coefficient (Wildman–Crippen LogP) is 0.177. The zero-order chi connectivity index (χ0) is 9.22. The van der Waals surface area contributed by atoms with Crippen LogP contribution in [0.4, 0.5) is 0 Å². The van der Waals surface area contributed by atoms with Crippen LogP contribution in [0.5, 0.6) is 0 Å². The smallest absolute Gasteiger partial charge is 0.189 e. The van der Waals surface area contributed by atoms with Crippen LogP contribution in [-0.2, 0) is 14.2 Å². The van der Waals surface area contributed by atoms with Gasteiger partial charge in [0, 0.05) is 6.54 Å². The molecule has 0 aromatic rings. The highest BCUT2D eigenvalue weighted by Gasteiger charge is 2.60. The Morgan fingerprint density at radius 2 is 2.08 bits per heavy atom. The van der Waals surface area contributed by atoms with Crippen LogP contribution in [0, 0.1) is 0 Å². The van der Waals surface area contributed by atoms with E-state index in [0.29, 0.717) is 12.1 Å². The first-order valence-corrected chi connectivity index (χ1v) is 4.78. The van der Waals surface area contributed by atoms with E-state index in [2.05, 4.69) is 11.9 Å². The Hall–Kier alpha value is -0.160. The van der Waals surface area contributed by atoms with Crippen LogP contribution in [0.15, 0.2) is 0 Å². The van der Waals surface area contributed by atoms with Crippen LogP contribution in [0.3, 0.4) is 0 Å². The maximum absolute atomic E-state index is 5.79. The molecule has 4 heteroatoms. The van der Waals surface area contributed by atoms with Gasteiger partial charge in [-0.25, -0.2) is 0 Å². The topological polar surface area (TPSA) is 30.9 Å². The summed E-state index contributed by atoms with van der Waals surface area (Å²) < 4.78 is 17.1. The van der Waals surface area contributed by atoms with Crippen molar-refractivity contribution in [2.75, 3.05) is 13.6 Å². The minimum atomic E-state index is -0.475. The summed E-state index contributed by atoms with van der Waals surface area (Å²) in [7, 11) is 2.10. The number of ether oxygens (including phenoxy) is 3. The Labute approximate surface area is 77.7 Å². The van der Waals surface area contributed by atoms with Gasteiger partial charge in [0.25, 0.3) is 0 Å². The molecule has 3 rings (SSSR count). The molecular weight excluding hydrogens is 170 g/mol. The molecule has 3 aliphatic heterocycles. The van der Waals surface area contributed by atoms with Gasteiger partial charge in [-0.3, -0.25) is 4.90 Å². The second-order valence-corrected chi connectivity index (χ2v) is 4.57. The molecule has 0 aliphatic carbocycles. The molecule has 0 amide bonds. The molecule has 0 unspecified atom stereocenters. The molecule has 74 valence electrons. The number of fused-ring (bicyclic) bond motifs is 3. The van der Waals surface area contributed by atoms with Gasteiger partial charge in [0.2, 0.25) is 0 Å². The number of hydrogen-bond donors (Lipinski definition) is 0. The van der Waals surface area contributed by atoms with Gasteiger partial charge in [-0.15, -0.1) is 0 Å². The summed E-state index contributed by atoms with van der Waals surface area (Å²) in [5, 5.41) is 0. The monoisotopic (exact) mass is 185 g/mol. The van der Waals surface area contributed by atoms with E-state index >= 15 is 0 Å². The van der Waals surface area contributed by atoms with Gasteiger partial charge in [-0.2, -0.15) is 0 Å². The van der Waals surface area contributed by atoms with E-state index in [9.17, 15) is 0 Å². The molecule has 3 aliphatic rings. The number of likely N-dealkylation sites (N-methyl/N-ethyl adjacent to an activating group) is 1. The molecule has 4 atom stereocenters. The first-order chi connectivity index (χ1) is 6.07. The third-order valence-electron chi connectivity index (χ3n) is 3.09. The summed E-state index contributed by atoms with van der Waals surface area (Å²) in [6.45, 7) is 4.87. The van der Waals surface area contributed by atoms with E-state index in [-0.39, 0.29) is 12.4 Å². The van der Waals surface area contributed by atoms with Crippen molar-refractivity contribution in [3.63, 3.8) is 0 Å². The maximum Gasteiger partial charge on any atom is 0.189 e. The zero-order valence-electron chi connectivity index (χ0n) is 8.19.